The Balaban J connectivity index is 1.77. The molecule has 0 radical (unpaired) electrons. The summed E-state index contributed by atoms with van der Waals surface area (Å²) in [5.74, 6) is 0.739. The number of nitrogens with one attached hydrogen (secondary N) is 1. The molecule has 1 aliphatic rings. The first-order valence-electron chi connectivity index (χ1n) is 8.55. The summed E-state index contributed by atoms with van der Waals surface area (Å²) < 4.78 is 10.6. The molecule has 0 aliphatic carbocycles. The van der Waals surface area contributed by atoms with Crippen LogP contribution in [0.25, 0.3) is 0 Å². The number of methoxy groups -OCH3 is 2. The van der Waals surface area contributed by atoms with Crippen molar-refractivity contribution < 1.29 is 14.3 Å². The van der Waals surface area contributed by atoms with Crippen LogP contribution in [0.2, 0.25) is 0 Å². The first kappa shape index (κ1) is 17.3. The summed E-state index contributed by atoms with van der Waals surface area (Å²) in [6.45, 7) is 3.21. The van der Waals surface area contributed by atoms with E-state index >= 15 is 0 Å². The van der Waals surface area contributed by atoms with Gasteiger partial charge in [0.1, 0.15) is 17.1 Å². The number of anilines is 1. The van der Waals surface area contributed by atoms with Gasteiger partial charge in [-0.1, -0.05) is 18.2 Å². The van der Waals surface area contributed by atoms with Gasteiger partial charge in [0.2, 0.25) is 0 Å². The number of likely N-dealkylation sites (tertiary alicyclic amines) is 1. The molecule has 5 nitrogen and oxygen atoms in total. The molecule has 1 saturated heterocycles. The Morgan fingerprint density at radius 1 is 1.04 bits per heavy atom. The van der Waals surface area contributed by atoms with Crippen LogP contribution in [0.1, 0.15) is 28.8 Å². The maximum Gasteiger partial charge on any atom is 0.263 e. The highest BCUT2D eigenvalue weighted by atomic mass is 16.5. The fourth-order valence-corrected chi connectivity index (χ4v) is 3.21. The molecule has 0 atom stereocenters. The molecule has 1 fully saturated rings. The minimum absolute atomic E-state index is 0.243. The molecule has 25 heavy (non-hydrogen) atoms. The Kier molecular flexibility index (Phi) is 5.56. The van der Waals surface area contributed by atoms with Crippen molar-refractivity contribution in [2.45, 2.75) is 19.4 Å². The molecule has 0 spiro atoms. The van der Waals surface area contributed by atoms with Crippen LogP contribution in [0.3, 0.4) is 0 Å². The highest BCUT2D eigenvalue weighted by Gasteiger charge is 2.18. The number of nitrogens with zero attached hydrogens (tertiary/aromatic N) is 1. The monoisotopic (exact) mass is 340 g/mol. The molecule has 2 aromatic carbocycles. The lowest BCUT2D eigenvalue weighted by molar-refractivity contribution is 0.102. The lowest BCUT2D eigenvalue weighted by Crippen LogP contribution is -2.19. The highest BCUT2D eigenvalue weighted by molar-refractivity contribution is 6.08. The molecule has 1 heterocycles. The van der Waals surface area contributed by atoms with E-state index < -0.39 is 0 Å². The molecule has 1 amide bonds. The van der Waals surface area contributed by atoms with E-state index in [1.165, 1.54) is 18.4 Å². The molecule has 2 aromatic rings. The summed E-state index contributed by atoms with van der Waals surface area (Å²) in [7, 11) is 3.09. The van der Waals surface area contributed by atoms with Crippen molar-refractivity contribution in [3.8, 4) is 11.5 Å². The summed E-state index contributed by atoms with van der Waals surface area (Å²) in [5.41, 5.74) is 2.37. The van der Waals surface area contributed by atoms with E-state index in [0.717, 1.165) is 25.3 Å². The quantitative estimate of drug-likeness (QED) is 0.874. The van der Waals surface area contributed by atoms with E-state index in [2.05, 4.69) is 16.3 Å². The van der Waals surface area contributed by atoms with Crippen LogP contribution in [-0.2, 0) is 6.54 Å². The second kappa shape index (κ2) is 8.03. The van der Waals surface area contributed by atoms with Crippen molar-refractivity contribution in [1.82, 2.24) is 4.90 Å². The lowest BCUT2D eigenvalue weighted by Gasteiger charge is -2.16. The van der Waals surface area contributed by atoms with Gasteiger partial charge < -0.3 is 14.8 Å². The summed E-state index contributed by atoms with van der Waals surface area (Å²) in [6, 6.07) is 13.3. The van der Waals surface area contributed by atoms with Gasteiger partial charge in [-0.3, -0.25) is 9.69 Å². The van der Waals surface area contributed by atoms with Crippen molar-refractivity contribution in [3.63, 3.8) is 0 Å². The van der Waals surface area contributed by atoms with Gasteiger partial charge in [0.05, 0.1) is 14.2 Å². The number of carbonyl (C=O) groups excluding carboxylic acids is 1. The van der Waals surface area contributed by atoms with Gasteiger partial charge in [-0.05, 0) is 55.8 Å². The van der Waals surface area contributed by atoms with Crippen LogP contribution in [0.4, 0.5) is 5.69 Å². The fraction of sp³-hybridized carbons (Fsp3) is 0.350. The molecular formula is C20H24N2O3. The zero-order chi connectivity index (χ0) is 17.6. The Morgan fingerprint density at radius 2 is 1.68 bits per heavy atom. The zero-order valence-corrected chi connectivity index (χ0v) is 14.7. The molecule has 1 aliphatic heterocycles. The number of hydrogen-bond donors (Lipinski definition) is 1. The number of rotatable bonds is 6. The zero-order valence-electron chi connectivity index (χ0n) is 14.7. The summed E-state index contributed by atoms with van der Waals surface area (Å²) in [6.07, 6.45) is 2.54. The molecular weight excluding hydrogens is 316 g/mol. The van der Waals surface area contributed by atoms with Crippen molar-refractivity contribution in [2.75, 3.05) is 32.6 Å². The van der Waals surface area contributed by atoms with Gasteiger partial charge in [0, 0.05) is 12.2 Å². The molecule has 5 heteroatoms. The third-order valence-corrected chi connectivity index (χ3v) is 4.44. The summed E-state index contributed by atoms with van der Waals surface area (Å²) >= 11 is 0. The largest absolute Gasteiger partial charge is 0.496 e. The maximum absolute atomic E-state index is 12.7. The van der Waals surface area contributed by atoms with Gasteiger partial charge >= 0.3 is 0 Å². The van der Waals surface area contributed by atoms with Gasteiger partial charge in [-0.15, -0.1) is 0 Å². The number of amides is 1. The standard InChI is InChI=1S/C20H24N2O3/c1-24-17-9-6-10-18(25-2)19(17)20(23)21-16-8-5-7-15(13-16)14-22-11-3-4-12-22/h5-10,13H,3-4,11-12,14H2,1-2H3,(H,21,23). The average molecular weight is 340 g/mol. The minimum atomic E-state index is -0.243. The number of carbonyl (C=O) groups is 1. The van der Waals surface area contributed by atoms with Gasteiger partial charge in [0.15, 0.2) is 0 Å². The van der Waals surface area contributed by atoms with Crippen molar-refractivity contribution >= 4 is 11.6 Å². The van der Waals surface area contributed by atoms with Crippen molar-refractivity contribution in [3.05, 3.63) is 53.6 Å². The number of benzene rings is 2. The summed E-state index contributed by atoms with van der Waals surface area (Å²) in [4.78, 5) is 15.2. The van der Waals surface area contributed by atoms with Crippen LogP contribution < -0.4 is 14.8 Å². The number of hydrogen-bond acceptors (Lipinski definition) is 4. The van der Waals surface area contributed by atoms with Gasteiger partial charge in [-0.25, -0.2) is 0 Å². The Hall–Kier alpha value is -2.53. The lowest BCUT2D eigenvalue weighted by atomic mass is 10.1. The summed E-state index contributed by atoms with van der Waals surface area (Å²) in [5, 5.41) is 2.96. The smallest absolute Gasteiger partial charge is 0.263 e. The molecule has 0 aromatic heterocycles. The van der Waals surface area contributed by atoms with E-state index in [4.69, 9.17) is 9.47 Å². The van der Waals surface area contributed by atoms with E-state index in [0.29, 0.717) is 17.1 Å². The SMILES string of the molecule is COc1cccc(OC)c1C(=O)Nc1cccc(CN2CCCC2)c1. The Labute approximate surface area is 148 Å². The van der Waals surface area contributed by atoms with E-state index in [1.54, 1.807) is 32.4 Å². The molecule has 0 unspecified atom stereocenters. The number of ether oxygens (including phenoxy) is 2. The van der Waals surface area contributed by atoms with Crippen LogP contribution >= 0.6 is 0 Å². The third-order valence-electron chi connectivity index (χ3n) is 4.44. The third kappa shape index (κ3) is 4.12. The van der Waals surface area contributed by atoms with Crippen molar-refractivity contribution in [1.29, 1.82) is 0 Å². The van der Waals surface area contributed by atoms with Crippen LogP contribution in [-0.4, -0.2) is 38.1 Å². The maximum atomic E-state index is 12.7. The molecule has 0 saturated carbocycles. The van der Waals surface area contributed by atoms with Crippen LogP contribution in [0.15, 0.2) is 42.5 Å². The van der Waals surface area contributed by atoms with E-state index in [-0.39, 0.29) is 5.91 Å². The predicted octanol–water partition coefficient (Wildman–Crippen LogP) is 3.55. The molecule has 0 bridgehead atoms. The first-order valence-corrected chi connectivity index (χ1v) is 8.55. The Morgan fingerprint density at radius 3 is 2.32 bits per heavy atom. The fourth-order valence-electron chi connectivity index (χ4n) is 3.21. The minimum Gasteiger partial charge on any atom is -0.496 e. The molecule has 132 valence electrons. The normalized spacial score (nSPS) is 14.3. The predicted molar refractivity (Wildman–Crippen MR) is 98.5 cm³/mol. The van der Waals surface area contributed by atoms with Crippen LogP contribution in [0.5, 0.6) is 11.5 Å². The van der Waals surface area contributed by atoms with E-state index in [1.807, 2.05) is 18.2 Å². The second-order valence-corrected chi connectivity index (χ2v) is 6.18. The van der Waals surface area contributed by atoms with Crippen molar-refractivity contribution in [2.24, 2.45) is 0 Å². The first-order chi connectivity index (χ1) is 12.2. The topological polar surface area (TPSA) is 50.8 Å². The van der Waals surface area contributed by atoms with Gasteiger partial charge in [-0.2, -0.15) is 0 Å². The molecule has 3 rings (SSSR count). The second-order valence-electron chi connectivity index (χ2n) is 6.18. The Bertz CT molecular complexity index is 717. The van der Waals surface area contributed by atoms with E-state index in [9.17, 15) is 4.79 Å². The molecule has 1 N–H and O–H groups in total. The van der Waals surface area contributed by atoms with Gasteiger partial charge in [0.25, 0.3) is 5.91 Å². The highest BCUT2D eigenvalue weighted by Crippen LogP contribution is 2.29. The average Bonchev–Trinajstić information content (AvgIpc) is 3.14. The van der Waals surface area contributed by atoms with Crippen LogP contribution in [0, 0.1) is 0 Å².